The minimum atomic E-state index is -0.331. The monoisotopic (exact) mass is 303 g/mol. The van der Waals surface area contributed by atoms with Gasteiger partial charge in [-0.3, -0.25) is 0 Å². The van der Waals surface area contributed by atoms with E-state index in [0.29, 0.717) is 18.7 Å². The van der Waals surface area contributed by atoms with Gasteiger partial charge in [0.2, 0.25) is 0 Å². The van der Waals surface area contributed by atoms with Crippen molar-refractivity contribution in [3.05, 3.63) is 32.9 Å². The Morgan fingerprint density at radius 1 is 1.69 bits per heavy atom. The Morgan fingerprint density at radius 2 is 2.44 bits per heavy atom. The van der Waals surface area contributed by atoms with Gasteiger partial charge in [0.1, 0.15) is 0 Å². The normalized spacial score (nSPS) is 10.1. The molecule has 3 nitrogen and oxygen atoms in total. The number of thiophene rings is 1. The molecule has 0 aliphatic rings. The topological polar surface area (TPSA) is 38.3 Å². The Labute approximate surface area is 108 Å². The minimum Gasteiger partial charge on any atom is -0.463 e. The predicted octanol–water partition coefficient (Wildman–Crippen LogP) is 2.72. The van der Waals surface area contributed by atoms with Gasteiger partial charge in [-0.2, -0.15) is 0 Å². The van der Waals surface area contributed by atoms with Crippen LogP contribution < -0.4 is 5.32 Å². The molecule has 1 heterocycles. The lowest BCUT2D eigenvalue weighted by molar-refractivity contribution is -0.138. The molecular formula is C11H14BrNO2S. The third-order valence-electron chi connectivity index (χ3n) is 1.82. The molecule has 5 heteroatoms. The lowest BCUT2D eigenvalue weighted by atomic mass is 10.3. The van der Waals surface area contributed by atoms with Gasteiger partial charge in [0.15, 0.2) is 0 Å². The molecule has 88 valence electrons. The van der Waals surface area contributed by atoms with Gasteiger partial charge in [-0.1, -0.05) is 6.58 Å². The molecule has 0 atom stereocenters. The first-order valence-corrected chi connectivity index (χ1v) is 6.59. The second-order valence-electron chi connectivity index (χ2n) is 3.16. The summed E-state index contributed by atoms with van der Waals surface area (Å²) < 4.78 is 5.91. The SMILES string of the molecule is C=C(CNCc1cc(Br)cs1)C(=O)OCC. The van der Waals surface area contributed by atoms with Crippen LogP contribution in [0.3, 0.4) is 0 Å². The largest absolute Gasteiger partial charge is 0.463 e. The third kappa shape index (κ3) is 4.47. The summed E-state index contributed by atoms with van der Waals surface area (Å²) in [6.45, 7) is 7.01. The molecule has 1 N–H and O–H groups in total. The molecule has 0 aliphatic heterocycles. The van der Waals surface area contributed by atoms with Crippen LogP contribution in [0.4, 0.5) is 0 Å². The van der Waals surface area contributed by atoms with Crippen molar-refractivity contribution in [3.63, 3.8) is 0 Å². The van der Waals surface area contributed by atoms with E-state index in [2.05, 4.69) is 27.8 Å². The molecule has 1 aromatic rings. The van der Waals surface area contributed by atoms with E-state index in [9.17, 15) is 4.79 Å². The van der Waals surface area contributed by atoms with Gasteiger partial charge in [-0.25, -0.2) is 4.79 Å². The Bertz CT molecular complexity index is 376. The third-order valence-corrected chi connectivity index (χ3v) is 3.52. The zero-order valence-electron chi connectivity index (χ0n) is 9.09. The van der Waals surface area contributed by atoms with Gasteiger partial charge in [0.25, 0.3) is 0 Å². The molecule has 0 aromatic carbocycles. The van der Waals surface area contributed by atoms with Crippen LogP contribution in [0.1, 0.15) is 11.8 Å². The van der Waals surface area contributed by atoms with Crippen LogP contribution in [-0.2, 0) is 16.1 Å². The second kappa shape index (κ2) is 6.83. The average molecular weight is 304 g/mol. The zero-order valence-corrected chi connectivity index (χ0v) is 11.5. The van der Waals surface area contributed by atoms with Crippen molar-refractivity contribution in [1.29, 1.82) is 0 Å². The summed E-state index contributed by atoms with van der Waals surface area (Å²) in [7, 11) is 0. The number of rotatable bonds is 6. The smallest absolute Gasteiger partial charge is 0.334 e. The van der Waals surface area contributed by atoms with Crippen molar-refractivity contribution in [2.45, 2.75) is 13.5 Å². The first-order chi connectivity index (χ1) is 7.63. The number of ether oxygens (including phenoxy) is 1. The average Bonchev–Trinajstić information content (AvgIpc) is 2.64. The van der Waals surface area contributed by atoms with Gasteiger partial charge in [-0.15, -0.1) is 11.3 Å². The molecule has 1 aromatic heterocycles. The highest BCUT2D eigenvalue weighted by Crippen LogP contribution is 2.19. The summed E-state index contributed by atoms with van der Waals surface area (Å²) in [5.41, 5.74) is 0.456. The van der Waals surface area contributed by atoms with Crippen LogP contribution in [0.2, 0.25) is 0 Å². The molecule has 0 spiro atoms. The summed E-state index contributed by atoms with van der Waals surface area (Å²) in [6.07, 6.45) is 0. The highest BCUT2D eigenvalue weighted by molar-refractivity contribution is 9.10. The molecule has 1 rings (SSSR count). The molecule has 0 aliphatic carbocycles. The van der Waals surface area contributed by atoms with Gasteiger partial charge < -0.3 is 10.1 Å². The van der Waals surface area contributed by atoms with E-state index in [1.54, 1.807) is 18.3 Å². The summed E-state index contributed by atoms with van der Waals surface area (Å²) in [4.78, 5) is 12.4. The molecule has 0 fully saturated rings. The molecule has 0 bridgehead atoms. The van der Waals surface area contributed by atoms with Crippen LogP contribution in [0.5, 0.6) is 0 Å². The van der Waals surface area contributed by atoms with Gasteiger partial charge in [0.05, 0.1) is 6.61 Å². The molecule has 0 saturated carbocycles. The first kappa shape index (κ1) is 13.4. The van der Waals surface area contributed by atoms with Crippen LogP contribution >= 0.6 is 27.3 Å². The van der Waals surface area contributed by atoms with E-state index >= 15 is 0 Å². The molecular weight excluding hydrogens is 290 g/mol. The summed E-state index contributed by atoms with van der Waals surface area (Å²) in [5.74, 6) is -0.331. The fourth-order valence-electron chi connectivity index (χ4n) is 1.09. The predicted molar refractivity (Wildman–Crippen MR) is 69.5 cm³/mol. The quantitative estimate of drug-likeness (QED) is 0.649. The number of nitrogens with one attached hydrogen (secondary N) is 1. The van der Waals surface area contributed by atoms with E-state index in [1.807, 2.05) is 11.4 Å². The first-order valence-electron chi connectivity index (χ1n) is 4.92. The maximum absolute atomic E-state index is 11.2. The minimum absolute atomic E-state index is 0.331. The second-order valence-corrected chi connectivity index (χ2v) is 5.07. The number of hydrogen-bond donors (Lipinski definition) is 1. The van der Waals surface area contributed by atoms with E-state index in [0.717, 1.165) is 11.0 Å². The van der Waals surface area contributed by atoms with E-state index in [1.165, 1.54) is 4.88 Å². The number of carbonyl (C=O) groups is 1. The Hall–Kier alpha value is -0.650. The Kier molecular flexibility index (Phi) is 5.73. The molecule has 0 amide bonds. The maximum Gasteiger partial charge on any atom is 0.334 e. The van der Waals surface area contributed by atoms with Crippen molar-refractivity contribution in [2.75, 3.05) is 13.2 Å². The lowest BCUT2D eigenvalue weighted by Gasteiger charge is -2.05. The zero-order chi connectivity index (χ0) is 12.0. The number of hydrogen-bond acceptors (Lipinski definition) is 4. The standard InChI is InChI=1S/C11H14BrNO2S/c1-3-15-11(14)8(2)5-13-6-10-4-9(12)7-16-10/h4,7,13H,2-3,5-6H2,1H3. The van der Waals surface area contributed by atoms with Crippen LogP contribution in [0.25, 0.3) is 0 Å². The fourth-order valence-corrected chi connectivity index (χ4v) is 2.51. The lowest BCUT2D eigenvalue weighted by Crippen LogP contribution is -2.21. The van der Waals surface area contributed by atoms with Crippen molar-refractivity contribution in [2.24, 2.45) is 0 Å². The van der Waals surface area contributed by atoms with E-state index < -0.39 is 0 Å². The van der Waals surface area contributed by atoms with Crippen molar-refractivity contribution in [1.82, 2.24) is 5.32 Å². The molecule has 0 radical (unpaired) electrons. The summed E-state index contributed by atoms with van der Waals surface area (Å²) >= 11 is 5.05. The summed E-state index contributed by atoms with van der Waals surface area (Å²) in [6, 6.07) is 2.05. The molecule has 0 unspecified atom stereocenters. The molecule has 16 heavy (non-hydrogen) atoms. The van der Waals surface area contributed by atoms with Gasteiger partial charge >= 0.3 is 5.97 Å². The van der Waals surface area contributed by atoms with Crippen molar-refractivity contribution < 1.29 is 9.53 Å². The highest BCUT2D eigenvalue weighted by Gasteiger charge is 2.06. The van der Waals surface area contributed by atoms with Gasteiger partial charge in [-0.05, 0) is 28.9 Å². The van der Waals surface area contributed by atoms with Crippen LogP contribution in [-0.4, -0.2) is 19.1 Å². The molecule has 0 saturated heterocycles. The van der Waals surface area contributed by atoms with E-state index in [-0.39, 0.29) is 5.97 Å². The van der Waals surface area contributed by atoms with Crippen molar-refractivity contribution >= 4 is 33.2 Å². The van der Waals surface area contributed by atoms with Crippen LogP contribution in [0, 0.1) is 0 Å². The number of esters is 1. The Morgan fingerprint density at radius 3 is 3.00 bits per heavy atom. The maximum atomic E-state index is 11.2. The summed E-state index contributed by atoms with van der Waals surface area (Å²) in [5, 5.41) is 5.17. The fraction of sp³-hybridized carbons (Fsp3) is 0.364. The van der Waals surface area contributed by atoms with Gasteiger partial charge in [0, 0.05) is 33.4 Å². The van der Waals surface area contributed by atoms with Crippen molar-refractivity contribution in [3.8, 4) is 0 Å². The Balaban J connectivity index is 2.25. The van der Waals surface area contributed by atoms with E-state index in [4.69, 9.17) is 4.74 Å². The highest BCUT2D eigenvalue weighted by atomic mass is 79.9. The number of halogens is 1. The van der Waals surface area contributed by atoms with Crippen LogP contribution in [0.15, 0.2) is 28.1 Å². The number of carbonyl (C=O) groups excluding carboxylic acids is 1.